The zero-order chi connectivity index (χ0) is 13.5. The Bertz CT molecular complexity index is 467. The Morgan fingerprint density at radius 2 is 2.17 bits per heavy atom. The minimum absolute atomic E-state index is 0.0733. The molecule has 0 radical (unpaired) electrons. The molecule has 3 nitrogen and oxygen atoms in total. The van der Waals surface area contributed by atoms with E-state index in [4.69, 9.17) is 4.42 Å². The van der Waals surface area contributed by atoms with E-state index in [0.29, 0.717) is 17.9 Å². The van der Waals surface area contributed by atoms with Crippen molar-refractivity contribution in [3.63, 3.8) is 0 Å². The number of Topliss-reactive ketones (excluding diaryl/α,β-unsaturated/α-hetero) is 1. The maximum Gasteiger partial charge on any atom is 0.198 e. The molecule has 0 aromatic carbocycles. The van der Waals surface area contributed by atoms with E-state index in [1.54, 1.807) is 6.21 Å². The summed E-state index contributed by atoms with van der Waals surface area (Å²) in [5.41, 5.74) is 1.81. The van der Waals surface area contributed by atoms with Gasteiger partial charge in [0.2, 0.25) is 0 Å². The SMILES string of the molecule is C/C=C(\C=NCC)c1cc(C)c(C(=O)CCC)o1. The topological polar surface area (TPSA) is 42.6 Å². The number of rotatable bonds is 6. The van der Waals surface area contributed by atoms with Gasteiger partial charge in [-0.05, 0) is 38.8 Å². The fourth-order valence-electron chi connectivity index (χ4n) is 1.71. The lowest BCUT2D eigenvalue weighted by molar-refractivity contribution is 0.0953. The summed E-state index contributed by atoms with van der Waals surface area (Å²) in [6, 6.07) is 1.90. The summed E-state index contributed by atoms with van der Waals surface area (Å²) in [4.78, 5) is 16.1. The molecule has 1 heterocycles. The number of aliphatic imine (C=N–C) groups is 1. The minimum Gasteiger partial charge on any atom is -0.453 e. The summed E-state index contributed by atoms with van der Waals surface area (Å²) in [6.07, 6.45) is 5.09. The molecule has 3 heteroatoms. The first-order chi connectivity index (χ1) is 8.63. The fourth-order valence-corrected chi connectivity index (χ4v) is 1.71. The van der Waals surface area contributed by atoms with Crippen molar-refractivity contribution in [1.29, 1.82) is 0 Å². The van der Waals surface area contributed by atoms with Crippen molar-refractivity contribution in [2.75, 3.05) is 6.54 Å². The van der Waals surface area contributed by atoms with Crippen LogP contribution < -0.4 is 0 Å². The predicted molar refractivity (Wildman–Crippen MR) is 75.4 cm³/mol. The second-order valence-corrected chi connectivity index (χ2v) is 4.17. The van der Waals surface area contributed by atoms with E-state index in [-0.39, 0.29) is 5.78 Å². The minimum atomic E-state index is 0.0733. The van der Waals surface area contributed by atoms with Crippen LogP contribution in [0, 0.1) is 6.92 Å². The van der Waals surface area contributed by atoms with Gasteiger partial charge in [-0.25, -0.2) is 0 Å². The molecule has 0 fully saturated rings. The summed E-state index contributed by atoms with van der Waals surface area (Å²) in [6.45, 7) is 8.54. The van der Waals surface area contributed by atoms with Gasteiger partial charge in [-0.1, -0.05) is 13.0 Å². The van der Waals surface area contributed by atoms with Crippen LogP contribution in [0.5, 0.6) is 0 Å². The molecule has 18 heavy (non-hydrogen) atoms. The fraction of sp³-hybridized carbons (Fsp3) is 0.467. The van der Waals surface area contributed by atoms with Gasteiger partial charge in [-0.2, -0.15) is 0 Å². The highest BCUT2D eigenvalue weighted by molar-refractivity contribution is 6.09. The van der Waals surface area contributed by atoms with E-state index >= 15 is 0 Å². The summed E-state index contributed by atoms with van der Waals surface area (Å²) >= 11 is 0. The second-order valence-electron chi connectivity index (χ2n) is 4.17. The third-order valence-electron chi connectivity index (χ3n) is 2.66. The first-order valence-corrected chi connectivity index (χ1v) is 6.44. The molecule has 0 N–H and O–H groups in total. The largest absolute Gasteiger partial charge is 0.453 e. The lowest BCUT2D eigenvalue weighted by atomic mass is 10.1. The quantitative estimate of drug-likeness (QED) is 0.562. The summed E-state index contributed by atoms with van der Waals surface area (Å²) in [5.74, 6) is 1.27. The molecule has 0 amide bonds. The lowest BCUT2D eigenvalue weighted by Gasteiger charge is -1.97. The first-order valence-electron chi connectivity index (χ1n) is 6.44. The van der Waals surface area contributed by atoms with Crippen molar-refractivity contribution < 1.29 is 9.21 Å². The molecule has 0 spiro atoms. The van der Waals surface area contributed by atoms with E-state index in [1.165, 1.54) is 0 Å². The zero-order valence-electron chi connectivity index (χ0n) is 11.6. The van der Waals surface area contributed by atoms with Crippen molar-refractivity contribution in [1.82, 2.24) is 0 Å². The molecule has 0 atom stereocenters. The molecule has 1 aromatic heterocycles. The third-order valence-corrected chi connectivity index (χ3v) is 2.66. The number of carbonyl (C=O) groups is 1. The van der Waals surface area contributed by atoms with Crippen LogP contribution in [0.3, 0.4) is 0 Å². The molecule has 0 unspecified atom stereocenters. The van der Waals surface area contributed by atoms with Crippen LogP contribution in [0.2, 0.25) is 0 Å². The number of carbonyl (C=O) groups excluding carboxylic acids is 1. The van der Waals surface area contributed by atoms with Crippen molar-refractivity contribution >= 4 is 17.6 Å². The monoisotopic (exact) mass is 247 g/mol. The van der Waals surface area contributed by atoms with Gasteiger partial charge in [0.05, 0.1) is 0 Å². The molecule has 1 aromatic rings. The molecule has 1 rings (SSSR count). The maximum atomic E-state index is 11.9. The molecule has 98 valence electrons. The van der Waals surface area contributed by atoms with Crippen LogP contribution >= 0.6 is 0 Å². The van der Waals surface area contributed by atoms with Crippen LogP contribution in [0.1, 0.15) is 55.5 Å². The predicted octanol–water partition coefficient (Wildman–Crippen LogP) is 4.06. The van der Waals surface area contributed by atoms with Crippen LogP contribution in [0.4, 0.5) is 0 Å². The van der Waals surface area contributed by atoms with Crippen LogP contribution in [-0.2, 0) is 0 Å². The van der Waals surface area contributed by atoms with Gasteiger partial charge in [-0.15, -0.1) is 0 Å². The Kier molecular flexibility index (Phi) is 5.56. The number of allylic oxidation sites excluding steroid dienone is 2. The molecule has 0 saturated heterocycles. The number of hydrogen-bond acceptors (Lipinski definition) is 3. The highest BCUT2D eigenvalue weighted by Gasteiger charge is 2.15. The average molecular weight is 247 g/mol. The summed E-state index contributed by atoms with van der Waals surface area (Å²) in [5, 5.41) is 0. The van der Waals surface area contributed by atoms with E-state index in [2.05, 4.69) is 4.99 Å². The van der Waals surface area contributed by atoms with Gasteiger partial charge in [0.1, 0.15) is 5.76 Å². The molecule has 0 aliphatic rings. The number of ketones is 1. The van der Waals surface area contributed by atoms with Gasteiger partial charge >= 0.3 is 0 Å². The van der Waals surface area contributed by atoms with Crippen molar-refractivity contribution in [2.45, 2.75) is 40.5 Å². The van der Waals surface area contributed by atoms with Gasteiger partial charge in [-0.3, -0.25) is 9.79 Å². The number of furan rings is 1. The highest BCUT2D eigenvalue weighted by Crippen LogP contribution is 2.22. The van der Waals surface area contributed by atoms with E-state index in [0.717, 1.165) is 24.1 Å². The van der Waals surface area contributed by atoms with E-state index in [9.17, 15) is 4.79 Å². The lowest BCUT2D eigenvalue weighted by Crippen LogP contribution is -1.97. The number of nitrogens with zero attached hydrogens (tertiary/aromatic N) is 1. The number of hydrogen-bond donors (Lipinski definition) is 0. The molecule has 0 aliphatic carbocycles. The second kappa shape index (κ2) is 6.94. The van der Waals surface area contributed by atoms with Gasteiger partial charge < -0.3 is 4.42 Å². The van der Waals surface area contributed by atoms with Crippen LogP contribution in [-0.4, -0.2) is 18.5 Å². The molecule has 0 aliphatic heterocycles. The summed E-state index contributed by atoms with van der Waals surface area (Å²) in [7, 11) is 0. The molecule has 0 saturated carbocycles. The van der Waals surface area contributed by atoms with Gasteiger partial charge in [0.25, 0.3) is 0 Å². The Morgan fingerprint density at radius 1 is 1.44 bits per heavy atom. The van der Waals surface area contributed by atoms with E-state index in [1.807, 2.05) is 39.8 Å². The highest BCUT2D eigenvalue weighted by atomic mass is 16.3. The third kappa shape index (κ3) is 3.42. The van der Waals surface area contributed by atoms with Crippen LogP contribution in [0.15, 0.2) is 21.6 Å². The van der Waals surface area contributed by atoms with E-state index < -0.39 is 0 Å². The first kappa shape index (κ1) is 14.4. The van der Waals surface area contributed by atoms with Gasteiger partial charge in [0.15, 0.2) is 11.5 Å². The van der Waals surface area contributed by atoms with Crippen LogP contribution in [0.25, 0.3) is 5.57 Å². The molecule has 0 bridgehead atoms. The molecular weight excluding hydrogens is 226 g/mol. The molecular formula is C15H21NO2. The Balaban J connectivity index is 3.02. The maximum absolute atomic E-state index is 11.9. The zero-order valence-corrected chi connectivity index (χ0v) is 11.6. The van der Waals surface area contributed by atoms with Crippen molar-refractivity contribution in [3.8, 4) is 0 Å². The van der Waals surface area contributed by atoms with Crippen molar-refractivity contribution in [2.24, 2.45) is 4.99 Å². The Morgan fingerprint density at radius 3 is 2.72 bits per heavy atom. The van der Waals surface area contributed by atoms with Gasteiger partial charge in [0, 0.05) is 24.8 Å². The summed E-state index contributed by atoms with van der Waals surface area (Å²) < 4.78 is 5.67. The average Bonchev–Trinajstić information content (AvgIpc) is 2.73. The smallest absolute Gasteiger partial charge is 0.198 e. The number of aryl methyl sites for hydroxylation is 1. The Hall–Kier alpha value is -1.64. The standard InChI is InChI=1S/C15H21NO2/c1-5-8-13(17)15-11(4)9-14(18-15)12(6-2)10-16-7-3/h6,9-10H,5,7-8H2,1-4H3/b12-6+,16-10?. The Labute approximate surface area is 109 Å². The normalized spacial score (nSPS) is 12.3. The van der Waals surface area contributed by atoms with Crippen molar-refractivity contribution in [3.05, 3.63) is 29.2 Å².